The lowest BCUT2D eigenvalue weighted by atomic mass is 11.3. The first kappa shape index (κ1) is 7.23. The van der Waals surface area contributed by atoms with Crippen molar-refractivity contribution in [3.63, 3.8) is 0 Å². The van der Waals surface area contributed by atoms with Crippen molar-refractivity contribution in [1.29, 1.82) is 0 Å². The molecule has 0 fully saturated rings. The largest absolute Gasteiger partial charge is 0.523 e. The predicted molar refractivity (Wildman–Crippen MR) is 20.4 cm³/mol. The van der Waals surface area contributed by atoms with Crippen molar-refractivity contribution in [2.45, 2.75) is 6.36 Å². The van der Waals surface area contributed by atoms with Gasteiger partial charge in [0.1, 0.15) is 0 Å². The molecule has 0 amide bonds. The van der Waals surface area contributed by atoms with E-state index in [9.17, 15) is 13.2 Å². The van der Waals surface area contributed by atoms with E-state index in [-0.39, 0.29) is 0 Å². The Morgan fingerprint density at radius 1 is 1.43 bits per heavy atom. The molecule has 0 unspecified atom stereocenters. The van der Waals surface area contributed by atoms with Crippen LogP contribution in [0.25, 0.3) is 0 Å². The Morgan fingerprint density at radius 2 is 1.86 bits per heavy atom. The van der Waals surface area contributed by atoms with Gasteiger partial charge >= 0.3 is 6.36 Å². The maximum atomic E-state index is 10.8. The highest BCUT2D eigenvalue weighted by molar-refractivity contribution is 9.10. The van der Waals surface area contributed by atoms with Gasteiger partial charge in [-0.25, -0.2) is 0 Å². The van der Waals surface area contributed by atoms with Crippen LogP contribution in [0, 0.1) is 5.52 Å². The molecule has 0 aliphatic rings. The molecule has 0 aromatic carbocycles. The summed E-state index contributed by atoms with van der Waals surface area (Å²) in [5.41, 5.74) is 0.396. The van der Waals surface area contributed by atoms with Gasteiger partial charge in [0.15, 0.2) is 5.52 Å². The summed E-state index contributed by atoms with van der Waals surface area (Å²) in [5.74, 6) is 0. The Labute approximate surface area is 46.6 Å². The zero-order valence-electron chi connectivity index (χ0n) is 3.00. The van der Waals surface area contributed by atoms with Gasteiger partial charge in [0.2, 0.25) is 0 Å². The van der Waals surface area contributed by atoms with E-state index in [0.29, 0.717) is 5.52 Å². The zero-order chi connectivity index (χ0) is 5.91. The molecule has 0 spiro atoms. The van der Waals surface area contributed by atoms with E-state index in [1.54, 1.807) is 0 Å². The lowest BCUT2D eigenvalue weighted by molar-refractivity contribution is -0.302. The predicted octanol–water partition coefficient (Wildman–Crippen LogP) is 2.04. The van der Waals surface area contributed by atoms with Crippen LogP contribution in [0.5, 0.6) is 0 Å². The smallest absolute Gasteiger partial charge is 0.273 e. The molecule has 0 aromatic rings. The minimum atomic E-state index is -4.55. The van der Waals surface area contributed by atoms with Crippen LogP contribution in [0.1, 0.15) is 0 Å². The number of rotatable bonds is 1. The first-order valence-corrected chi connectivity index (χ1v) is 2.14. The van der Waals surface area contributed by atoms with Gasteiger partial charge in [0, 0.05) is 0 Å². The molecule has 0 rings (SSSR count). The summed E-state index contributed by atoms with van der Waals surface area (Å²) < 4.78 is 35.3. The van der Waals surface area contributed by atoms with E-state index in [4.69, 9.17) is 0 Å². The van der Waals surface area contributed by atoms with Gasteiger partial charge in [-0.1, -0.05) is 15.9 Å². The average molecular weight is 178 g/mol. The summed E-state index contributed by atoms with van der Waals surface area (Å²) >= 11 is 2.32. The Balaban J connectivity index is 3.15. The van der Waals surface area contributed by atoms with Crippen molar-refractivity contribution >= 4 is 15.9 Å². The Morgan fingerprint density at radius 3 is 1.86 bits per heavy atom. The van der Waals surface area contributed by atoms with Crippen LogP contribution >= 0.6 is 15.9 Å². The molecular weight excluding hydrogens is 177 g/mol. The number of ether oxygens (including phenoxy) is 1. The number of hydrogen-bond acceptors (Lipinski definition) is 1. The Hall–Kier alpha value is 0.230. The molecule has 0 aliphatic heterocycles. The normalized spacial score (nSPS) is 12.0. The summed E-state index contributed by atoms with van der Waals surface area (Å²) in [6, 6.07) is 0. The highest BCUT2D eigenvalue weighted by Gasteiger charge is 2.28. The van der Waals surface area contributed by atoms with Gasteiger partial charge in [0.25, 0.3) is 0 Å². The summed E-state index contributed by atoms with van der Waals surface area (Å²) in [5, 5.41) is 0. The topological polar surface area (TPSA) is 9.23 Å². The van der Waals surface area contributed by atoms with Crippen LogP contribution in [-0.2, 0) is 4.74 Å². The highest BCUT2D eigenvalue weighted by Crippen LogP contribution is 2.18. The molecule has 0 saturated heterocycles. The van der Waals surface area contributed by atoms with Crippen LogP contribution in [0.4, 0.5) is 13.2 Å². The average Bonchev–Trinajstić information content (AvgIpc) is 1.30. The van der Waals surface area contributed by atoms with Gasteiger partial charge < -0.3 is 0 Å². The van der Waals surface area contributed by atoms with E-state index in [0.717, 1.165) is 0 Å². The molecule has 0 aromatic heterocycles. The molecule has 0 atom stereocenters. The van der Waals surface area contributed by atoms with Crippen molar-refractivity contribution in [2.24, 2.45) is 0 Å². The van der Waals surface area contributed by atoms with Crippen LogP contribution < -0.4 is 0 Å². The van der Waals surface area contributed by atoms with Crippen molar-refractivity contribution in [2.75, 3.05) is 0 Å². The van der Waals surface area contributed by atoms with Gasteiger partial charge in [-0.05, 0) is 0 Å². The van der Waals surface area contributed by atoms with E-state index < -0.39 is 6.36 Å². The maximum Gasteiger partial charge on any atom is 0.523 e. The second-order valence-electron chi connectivity index (χ2n) is 0.653. The summed E-state index contributed by atoms with van der Waals surface area (Å²) in [7, 11) is 0. The molecule has 0 bridgehead atoms. The molecule has 1 nitrogen and oxygen atoms in total. The van der Waals surface area contributed by atoms with Gasteiger partial charge in [-0.15, -0.1) is 13.2 Å². The molecule has 43 valence electrons. The van der Waals surface area contributed by atoms with Crippen LogP contribution in [0.3, 0.4) is 0 Å². The fourth-order valence-electron chi connectivity index (χ4n) is 0.0505. The number of halogens is 4. The zero-order valence-corrected chi connectivity index (χ0v) is 4.58. The lowest BCUT2D eigenvalue weighted by Gasteiger charge is -1.99. The van der Waals surface area contributed by atoms with Crippen LogP contribution in [-0.4, -0.2) is 6.36 Å². The second kappa shape index (κ2) is 2.52. The third kappa shape index (κ3) is 6.23. The highest BCUT2D eigenvalue weighted by atomic mass is 79.9. The molecule has 1 radical (unpaired) electrons. The number of hydrogen-bond donors (Lipinski definition) is 0. The van der Waals surface area contributed by atoms with E-state index in [2.05, 4.69) is 20.7 Å². The lowest BCUT2D eigenvalue weighted by Crippen LogP contribution is -2.08. The molecule has 0 aliphatic carbocycles. The second-order valence-corrected chi connectivity index (χ2v) is 1.03. The maximum absolute atomic E-state index is 10.8. The van der Waals surface area contributed by atoms with E-state index in [1.165, 1.54) is 0 Å². The van der Waals surface area contributed by atoms with Crippen molar-refractivity contribution in [3.8, 4) is 0 Å². The van der Waals surface area contributed by atoms with Crippen LogP contribution in [0.2, 0.25) is 0 Å². The fourth-order valence-corrected chi connectivity index (χ4v) is 0.262. The van der Waals surface area contributed by atoms with Crippen LogP contribution in [0.15, 0.2) is 0 Å². The molecule has 0 saturated carbocycles. The SMILES string of the molecule is FC(F)(F)O[CH]Br. The third-order valence-electron chi connectivity index (χ3n) is 0.178. The standard InChI is InChI=1S/C2HBrF3O/c3-1-7-2(4,5)6/h1H. The minimum Gasteiger partial charge on any atom is -0.273 e. The summed E-state index contributed by atoms with van der Waals surface area (Å²) in [6.07, 6.45) is -4.55. The van der Waals surface area contributed by atoms with E-state index >= 15 is 0 Å². The molecular formula is C2HBrF3O. The first-order valence-electron chi connectivity index (χ1n) is 1.22. The first-order chi connectivity index (χ1) is 3.06. The van der Waals surface area contributed by atoms with E-state index in [1.807, 2.05) is 0 Å². The Bertz CT molecular complexity index is 51.4. The molecule has 5 heteroatoms. The molecule has 0 N–H and O–H groups in total. The summed E-state index contributed by atoms with van der Waals surface area (Å²) in [4.78, 5) is 0. The van der Waals surface area contributed by atoms with Crippen molar-refractivity contribution in [1.82, 2.24) is 0 Å². The summed E-state index contributed by atoms with van der Waals surface area (Å²) in [6.45, 7) is 0. The number of alkyl halides is 3. The van der Waals surface area contributed by atoms with Gasteiger partial charge in [-0.2, -0.15) is 0 Å². The quantitative estimate of drug-likeness (QED) is 0.596. The fraction of sp³-hybridized carbons (Fsp3) is 0.500. The van der Waals surface area contributed by atoms with Crippen molar-refractivity contribution in [3.05, 3.63) is 5.52 Å². The Kier molecular flexibility index (Phi) is 2.60. The minimum absolute atomic E-state index is 0.396. The molecule has 0 heterocycles. The third-order valence-corrected chi connectivity index (χ3v) is 0.365. The van der Waals surface area contributed by atoms with Gasteiger partial charge in [0.05, 0.1) is 0 Å². The molecule has 7 heavy (non-hydrogen) atoms. The van der Waals surface area contributed by atoms with Crippen molar-refractivity contribution < 1.29 is 17.9 Å². The monoisotopic (exact) mass is 177 g/mol. The van der Waals surface area contributed by atoms with Gasteiger partial charge in [-0.3, -0.25) is 4.74 Å².